The van der Waals surface area contributed by atoms with Crippen LogP contribution in [0.15, 0.2) is 30.3 Å². The van der Waals surface area contributed by atoms with Crippen LogP contribution in [0.25, 0.3) is 0 Å². The first-order valence-corrected chi connectivity index (χ1v) is 6.21. The molecule has 20 heavy (non-hydrogen) atoms. The zero-order valence-corrected chi connectivity index (χ0v) is 11.5. The second-order valence-corrected chi connectivity index (χ2v) is 4.33. The van der Waals surface area contributed by atoms with Crippen LogP contribution in [0.2, 0.25) is 0 Å². The van der Waals surface area contributed by atoms with E-state index < -0.39 is 0 Å². The highest BCUT2D eigenvalue weighted by Crippen LogP contribution is 2.11. The molecule has 0 aliphatic rings. The number of hydrogen-bond acceptors (Lipinski definition) is 3. The molecule has 0 unspecified atom stereocenters. The number of benzene rings is 1. The molecule has 0 aliphatic heterocycles. The molecule has 5 heteroatoms. The largest absolute Gasteiger partial charge is 0.320 e. The molecule has 5 nitrogen and oxygen atoms in total. The molecule has 1 aromatic heterocycles. The Morgan fingerprint density at radius 2 is 2.10 bits per heavy atom. The molecule has 2 rings (SSSR count). The molecule has 0 saturated heterocycles. The van der Waals surface area contributed by atoms with Crippen molar-refractivity contribution in [2.75, 3.05) is 11.9 Å². The summed E-state index contributed by atoms with van der Waals surface area (Å²) >= 11 is 0. The van der Waals surface area contributed by atoms with E-state index in [1.165, 1.54) is 0 Å². The zero-order valence-electron chi connectivity index (χ0n) is 11.5. The van der Waals surface area contributed by atoms with Crippen LogP contribution in [0.5, 0.6) is 0 Å². The van der Waals surface area contributed by atoms with Crippen LogP contribution in [0, 0.1) is 18.8 Å². The number of aromatic nitrogens is 2. The van der Waals surface area contributed by atoms with Crippen LogP contribution in [0.3, 0.4) is 0 Å². The first-order valence-electron chi connectivity index (χ1n) is 6.21. The Bertz CT molecular complexity index is 674. The van der Waals surface area contributed by atoms with E-state index in [9.17, 15) is 4.79 Å². The van der Waals surface area contributed by atoms with Gasteiger partial charge in [0.25, 0.3) is 5.91 Å². The first kappa shape index (κ1) is 13.8. The number of nitrogens with one attached hydrogen (secondary N) is 1. The Hall–Kier alpha value is -2.58. The van der Waals surface area contributed by atoms with Crippen molar-refractivity contribution in [2.45, 2.75) is 6.92 Å². The number of anilines is 1. The molecular formula is C15H16N4O. The fraction of sp³-hybridized carbons (Fsp3) is 0.200. The summed E-state index contributed by atoms with van der Waals surface area (Å²) in [6, 6.07) is 8.88. The normalized spacial score (nSPS) is 9.75. The molecule has 2 aromatic rings. The van der Waals surface area contributed by atoms with E-state index in [0.29, 0.717) is 17.9 Å². The molecule has 0 bridgehead atoms. The summed E-state index contributed by atoms with van der Waals surface area (Å²) in [5.41, 5.74) is 7.58. The molecule has 0 atom stereocenters. The maximum atomic E-state index is 12.1. The van der Waals surface area contributed by atoms with E-state index in [2.05, 4.69) is 22.3 Å². The lowest BCUT2D eigenvalue weighted by Crippen LogP contribution is -2.14. The van der Waals surface area contributed by atoms with Gasteiger partial charge in [-0.3, -0.25) is 9.48 Å². The Morgan fingerprint density at radius 3 is 2.65 bits per heavy atom. The van der Waals surface area contributed by atoms with Gasteiger partial charge in [-0.15, -0.1) is 0 Å². The summed E-state index contributed by atoms with van der Waals surface area (Å²) in [4.78, 5) is 12.1. The molecule has 0 radical (unpaired) electrons. The number of carbonyl (C=O) groups excluding carboxylic acids is 1. The maximum Gasteiger partial charge on any atom is 0.256 e. The van der Waals surface area contributed by atoms with Crippen LogP contribution in [-0.4, -0.2) is 22.2 Å². The zero-order chi connectivity index (χ0) is 14.5. The summed E-state index contributed by atoms with van der Waals surface area (Å²) in [7, 11) is 1.79. The van der Waals surface area contributed by atoms with Gasteiger partial charge in [0, 0.05) is 24.2 Å². The maximum absolute atomic E-state index is 12.1. The Kier molecular flexibility index (Phi) is 4.18. The van der Waals surface area contributed by atoms with E-state index in [0.717, 1.165) is 11.3 Å². The second kappa shape index (κ2) is 6.04. The summed E-state index contributed by atoms with van der Waals surface area (Å²) in [6.07, 6.45) is 0. The lowest BCUT2D eigenvalue weighted by molar-refractivity contribution is 0.102. The van der Waals surface area contributed by atoms with E-state index in [1.54, 1.807) is 36.0 Å². The predicted octanol–water partition coefficient (Wildman–Crippen LogP) is 1.29. The third-order valence-electron chi connectivity index (χ3n) is 2.73. The number of rotatable bonds is 2. The van der Waals surface area contributed by atoms with Gasteiger partial charge in [0.1, 0.15) is 5.82 Å². The van der Waals surface area contributed by atoms with Crippen molar-refractivity contribution in [1.82, 2.24) is 9.78 Å². The van der Waals surface area contributed by atoms with Gasteiger partial charge in [-0.05, 0) is 31.2 Å². The van der Waals surface area contributed by atoms with Gasteiger partial charge in [-0.2, -0.15) is 5.10 Å². The molecular weight excluding hydrogens is 252 g/mol. The standard InChI is InChI=1S/C15H16N4O/c1-11-10-14(19(2)18-11)17-15(20)13-7-5-12(6-8-13)4-3-9-16/h5-8,10H,9,16H2,1-2H3,(H,17,20). The number of aryl methyl sites for hydroxylation is 2. The number of carbonyl (C=O) groups is 1. The SMILES string of the molecule is Cc1cc(NC(=O)c2ccc(C#CCN)cc2)n(C)n1. The Balaban J connectivity index is 2.11. The molecule has 0 fully saturated rings. The molecule has 3 N–H and O–H groups in total. The van der Waals surface area contributed by atoms with Gasteiger partial charge >= 0.3 is 0 Å². The molecule has 0 aliphatic carbocycles. The summed E-state index contributed by atoms with van der Waals surface area (Å²) in [5, 5.41) is 6.99. The Labute approximate surface area is 117 Å². The highest BCUT2D eigenvalue weighted by molar-refractivity contribution is 6.03. The highest BCUT2D eigenvalue weighted by atomic mass is 16.1. The van der Waals surface area contributed by atoms with Crippen LogP contribution in [0.1, 0.15) is 21.6 Å². The van der Waals surface area contributed by atoms with Crippen molar-refractivity contribution in [3.63, 3.8) is 0 Å². The fourth-order valence-corrected chi connectivity index (χ4v) is 1.77. The summed E-state index contributed by atoms with van der Waals surface area (Å²) < 4.78 is 1.63. The van der Waals surface area contributed by atoms with Crippen LogP contribution in [0.4, 0.5) is 5.82 Å². The molecule has 102 valence electrons. The third-order valence-corrected chi connectivity index (χ3v) is 2.73. The van der Waals surface area contributed by atoms with Crippen LogP contribution < -0.4 is 11.1 Å². The van der Waals surface area contributed by atoms with E-state index >= 15 is 0 Å². The monoisotopic (exact) mass is 268 g/mol. The van der Waals surface area contributed by atoms with Crippen molar-refractivity contribution in [3.05, 3.63) is 47.2 Å². The van der Waals surface area contributed by atoms with E-state index in [-0.39, 0.29) is 5.91 Å². The van der Waals surface area contributed by atoms with Gasteiger partial charge in [0.05, 0.1) is 12.2 Å². The molecule has 0 spiro atoms. The average molecular weight is 268 g/mol. The number of nitrogens with zero attached hydrogens (tertiary/aromatic N) is 2. The van der Waals surface area contributed by atoms with Crippen molar-refractivity contribution >= 4 is 11.7 Å². The topological polar surface area (TPSA) is 72.9 Å². The van der Waals surface area contributed by atoms with E-state index in [4.69, 9.17) is 5.73 Å². The predicted molar refractivity (Wildman–Crippen MR) is 78.3 cm³/mol. The van der Waals surface area contributed by atoms with E-state index in [1.807, 2.05) is 13.0 Å². The van der Waals surface area contributed by atoms with Crippen molar-refractivity contribution in [3.8, 4) is 11.8 Å². The lowest BCUT2D eigenvalue weighted by atomic mass is 10.1. The number of nitrogens with two attached hydrogens (primary N) is 1. The van der Waals surface area contributed by atoms with Gasteiger partial charge in [0.15, 0.2) is 0 Å². The van der Waals surface area contributed by atoms with Crippen LogP contribution in [-0.2, 0) is 7.05 Å². The molecule has 1 aromatic carbocycles. The van der Waals surface area contributed by atoms with Gasteiger partial charge in [-0.25, -0.2) is 0 Å². The molecule has 0 saturated carbocycles. The molecule has 1 amide bonds. The number of amides is 1. The number of hydrogen-bond donors (Lipinski definition) is 2. The quantitative estimate of drug-likeness (QED) is 0.806. The average Bonchev–Trinajstić information content (AvgIpc) is 2.75. The van der Waals surface area contributed by atoms with Crippen molar-refractivity contribution in [1.29, 1.82) is 0 Å². The lowest BCUT2D eigenvalue weighted by Gasteiger charge is -2.05. The smallest absolute Gasteiger partial charge is 0.256 e. The van der Waals surface area contributed by atoms with Crippen LogP contribution >= 0.6 is 0 Å². The van der Waals surface area contributed by atoms with Crippen molar-refractivity contribution < 1.29 is 4.79 Å². The molecule has 1 heterocycles. The fourth-order valence-electron chi connectivity index (χ4n) is 1.77. The highest BCUT2D eigenvalue weighted by Gasteiger charge is 2.09. The van der Waals surface area contributed by atoms with Gasteiger partial charge in [-0.1, -0.05) is 11.8 Å². The van der Waals surface area contributed by atoms with Gasteiger partial charge in [0.2, 0.25) is 0 Å². The Morgan fingerprint density at radius 1 is 1.40 bits per heavy atom. The van der Waals surface area contributed by atoms with Crippen molar-refractivity contribution in [2.24, 2.45) is 12.8 Å². The minimum absolute atomic E-state index is 0.175. The summed E-state index contributed by atoms with van der Waals surface area (Å²) in [5.74, 6) is 6.17. The minimum atomic E-state index is -0.175. The second-order valence-electron chi connectivity index (χ2n) is 4.33. The minimum Gasteiger partial charge on any atom is -0.320 e. The third kappa shape index (κ3) is 3.25. The van der Waals surface area contributed by atoms with Gasteiger partial charge < -0.3 is 11.1 Å². The summed E-state index contributed by atoms with van der Waals surface area (Å²) in [6.45, 7) is 2.20. The first-order chi connectivity index (χ1) is 9.60.